The summed E-state index contributed by atoms with van der Waals surface area (Å²) in [7, 11) is -1.81. The highest BCUT2D eigenvalue weighted by atomic mass is 32.2. The number of aliphatic carboxylic acids is 2. The number of aliphatic hydroxyl groups excluding tert-OH is 2. The van der Waals surface area contributed by atoms with Gasteiger partial charge in [0.1, 0.15) is 18.1 Å². The fourth-order valence-corrected chi connectivity index (χ4v) is 4.05. The monoisotopic (exact) mass is 564 g/mol. The molecule has 0 aliphatic carbocycles. The number of amides is 2. The lowest BCUT2D eigenvalue weighted by Gasteiger charge is -2.19. The number of nitrogens with zero attached hydrogens (tertiary/aromatic N) is 1. The average Bonchev–Trinajstić information content (AvgIpc) is 3.00. The van der Waals surface area contributed by atoms with Crippen molar-refractivity contribution in [2.75, 3.05) is 33.1 Å². The Balaban J connectivity index is 0.000000612. The molecule has 1 heterocycles. The second kappa shape index (κ2) is 14.0. The zero-order valence-electron chi connectivity index (χ0n) is 20.0. The Hall–Kier alpha value is -4.09. The van der Waals surface area contributed by atoms with Crippen molar-refractivity contribution >= 4 is 45.8 Å². The first-order valence-corrected chi connectivity index (χ1v) is 12.0. The van der Waals surface area contributed by atoms with Crippen LogP contribution in [0.4, 0.5) is 4.39 Å². The molecule has 17 heteroatoms. The Morgan fingerprint density at radius 2 is 1.71 bits per heavy atom. The lowest BCUT2D eigenvalue weighted by molar-refractivity contribution is -0.165. The summed E-state index contributed by atoms with van der Waals surface area (Å²) >= 11 is 0. The fraction of sp³-hybridized carbons (Fsp3) is 0.381. The number of carbonyl (C=O) groups excluding carboxylic acids is 3. The van der Waals surface area contributed by atoms with E-state index in [4.69, 9.17) is 25.2 Å². The summed E-state index contributed by atoms with van der Waals surface area (Å²) in [5, 5.41) is 34.9. The maximum atomic E-state index is 13.6. The zero-order valence-corrected chi connectivity index (χ0v) is 20.8. The van der Waals surface area contributed by atoms with E-state index >= 15 is 0 Å². The van der Waals surface area contributed by atoms with Gasteiger partial charge in [0.2, 0.25) is 15.9 Å². The van der Waals surface area contributed by atoms with Gasteiger partial charge in [-0.3, -0.25) is 14.4 Å². The Morgan fingerprint density at radius 1 is 1.13 bits per heavy atom. The SMILES string of the molecule is COC(=O)CCS(=O)(=O)N1CC(=O)NCC(=Cc2cc(F)ccc2OC)C1=O.O=C(O)C(O)C(O)C(=O)O. The van der Waals surface area contributed by atoms with Crippen molar-refractivity contribution in [1.29, 1.82) is 0 Å². The van der Waals surface area contributed by atoms with E-state index in [1.165, 1.54) is 25.3 Å². The second-order valence-corrected chi connectivity index (χ2v) is 9.37. The average molecular weight is 564 g/mol. The van der Waals surface area contributed by atoms with Gasteiger partial charge in [-0.25, -0.2) is 26.7 Å². The maximum Gasteiger partial charge on any atom is 0.335 e. The molecule has 1 aliphatic rings. The van der Waals surface area contributed by atoms with Gasteiger partial charge in [0, 0.05) is 17.7 Å². The molecule has 0 bridgehead atoms. The first-order valence-electron chi connectivity index (χ1n) is 10.4. The van der Waals surface area contributed by atoms with Gasteiger partial charge in [-0.05, 0) is 24.3 Å². The van der Waals surface area contributed by atoms with Crippen LogP contribution in [-0.2, 0) is 38.7 Å². The van der Waals surface area contributed by atoms with Crippen molar-refractivity contribution in [1.82, 2.24) is 9.62 Å². The minimum atomic E-state index is -4.27. The van der Waals surface area contributed by atoms with Crippen LogP contribution in [0.15, 0.2) is 23.8 Å². The molecular weight excluding hydrogens is 539 g/mol. The third kappa shape index (κ3) is 9.09. The molecule has 1 saturated heterocycles. The van der Waals surface area contributed by atoms with Crippen molar-refractivity contribution in [2.45, 2.75) is 18.6 Å². The number of aliphatic hydroxyl groups is 2. The van der Waals surface area contributed by atoms with Crippen molar-refractivity contribution in [3.05, 3.63) is 35.2 Å². The van der Waals surface area contributed by atoms with Gasteiger partial charge in [0.15, 0.2) is 12.2 Å². The van der Waals surface area contributed by atoms with Crippen LogP contribution in [-0.4, -0.2) is 108 Å². The predicted octanol–water partition coefficient (Wildman–Crippen LogP) is -2.05. The third-order valence-corrected chi connectivity index (χ3v) is 6.41. The van der Waals surface area contributed by atoms with Crippen molar-refractivity contribution in [3.8, 4) is 5.75 Å². The van der Waals surface area contributed by atoms with Crippen LogP contribution < -0.4 is 10.1 Å². The number of methoxy groups -OCH3 is 2. The minimum Gasteiger partial charge on any atom is -0.496 e. The number of benzene rings is 1. The Kier molecular flexibility index (Phi) is 11.8. The van der Waals surface area contributed by atoms with E-state index in [1.54, 1.807) is 0 Å². The molecule has 1 aliphatic heterocycles. The molecule has 2 amide bonds. The Bertz CT molecular complexity index is 1200. The molecule has 5 N–H and O–H groups in total. The normalized spacial score (nSPS) is 16.3. The molecular formula is C21H25FN2O13S. The van der Waals surface area contributed by atoms with Crippen LogP contribution in [0.2, 0.25) is 0 Å². The highest BCUT2D eigenvalue weighted by Gasteiger charge is 2.34. The van der Waals surface area contributed by atoms with Gasteiger partial charge in [0.25, 0.3) is 5.91 Å². The van der Waals surface area contributed by atoms with E-state index < -0.39 is 76.5 Å². The summed E-state index contributed by atoms with van der Waals surface area (Å²) < 4.78 is 48.5. The third-order valence-electron chi connectivity index (χ3n) is 4.72. The smallest absolute Gasteiger partial charge is 0.335 e. The first-order chi connectivity index (χ1) is 17.6. The molecule has 1 fully saturated rings. The number of carboxylic acids is 2. The van der Waals surface area contributed by atoms with Crippen LogP contribution in [0.3, 0.4) is 0 Å². The summed E-state index contributed by atoms with van der Waals surface area (Å²) in [4.78, 5) is 55.4. The van der Waals surface area contributed by atoms with Gasteiger partial charge in [-0.15, -0.1) is 0 Å². The molecule has 2 unspecified atom stereocenters. The minimum absolute atomic E-state index is 0.0867. The molecule has 0 saturated carbocycles. The molecule has 0 aromatic heterocycles. The van der Waals surface area contributed by atoms with Crippen LogP contribution in [0.25, 0.3) is 6.08 Å². The van der Waals surface area contributed by atoms with Gasteiger partial charge >= 0.3 is 17.9 Å². The standard InChI is InChI=1S/C17H19FN2O7S.C4H6O6/c1-26-14-4-3-13(18)8-11(14)7-12-9-19-15(21)10-20(17(12)23)28(24,25)6-5-16(22)27-2;5-1(3(7)8)2(6)4(9)10/h3-4,7-8H,5-6,9-10H2,1-2H3,(H,19,21);1-2,5-6H,(H,7,8)(H,9,10). The predicted molar refractivity (Wildman–Crippen MR) is 123 cm³/mol. The van der Waals surface area contributed by atoms with E-state index in [2.05, 4.69) is 10.1 Å². The Morgan fingerprint density at radius 3 is 2.21 bits per heavy atom. The van der Waals surface area contributed by atoms with Crippen LogP contribution in [0.1, 0.15) is 12.0 Å². The number of rotatable bonds is 9. The van der Waals surface area contributed by atoms with Crippen molar-refractivity contribution < 1.29 is 66.7 Å². The summed E-state index contributed by atoms with van der Waals surface area (Å²) in [6.07, 6.45) is -3.75. The Labute approximate surface area is 215 Å². The number of sulfonamides is 1. The molecule has 2 rings (SSSR count). The summed E-state index contributed by atoms with van der Waals surface area (Å²) in [5.41, 5.74) is 0.116. The summed E-state index contributed by atoms with van der Waals surface area (Å²) in [6.45, 7) is -0.972. The van der Waals surface area contributed by atoms with E-state index in [-0.39, 0.29) is 23.4 Å². The highest BCUT2D eigenvalue weighted by molar-refractivity contribution is 7.89. The number of halogens is 1. The van der Waals surface area contributed by atoms with Gasteiger partial charge < -0.3 is 35.2 Å². The lowest BCUT2D eigenvalue weighted by atomic mass is 10.1. The van der Waals surface area contributed by atoms with Crippen LogP contribution in [0, 0.1) is 5.82 Å². The molecule has 1 aromatic rings. The molecule has 2 atom stereocenters. The number of carbonyl (C=O) groups is 5. The van der Waals surface area contributed by atoms with Gasteiger partial charge in [-0.2, -0.15) is 0 Å². The molecule has 38 heavy (non-hydrogen) atoms. The number of nitrogens with one attached hydrogen (secondary N) is 1. The van der Waals surface area contributed by atoms with Crippen LogP contribution in [0.5, 0.6) is 5.75 Å². The van der Waals surface area contributed by atoms with Crippen LogP contribution >= 0.6 is 0 Å². The van der Waals surface area contributed by atoms with Gasteiger partial charge in [-0.1, -0.05) is 0 Å². The summed E-state index contributed by atoms with van der Waals surface area (Å²) in [5.74, 6) is -6.97. The number of hydrogen-bond donors (Lipinski definition) is 5. The largest absolute Gasteiger partial charge is 0.496 e. The number of hydrogen-bond acceptors (Lipinski definition) is 11. The van der Waals surface area contributed by atoms with Crippen molar-refractivity contribution in [3.63, 3.8) is 0 Å². The van der Waals surface area contributed by atoms with E-state index in [1.807, 2.05) is 0 Å². The molecule has 15 nitrogen and oxygen atoms in total. The number of esters is 1. The number of carboxylic acid groups (broad SMARTS) is 2. The molecule has 210 valence electrons. The summed E-state index contributed by atoms with van der Waals surface area (Å²) in [6, 6.07) is 3.63. The fourth-order valence-electron chi connectivity index (χ4n) is 2.73. The first kappa shape index (κ1) is 31.9. The maximum absolute atomic E-state index is 13.6. The quantitative estimate of drug-likeness (QED) is 0.161. The van der Waals surface area contributed by atoms with Crippen molar-refractivity contribution in [2.24, 2.45) is 0 Å². The molecule has 0 spiro atoms. The number of ether oxygens (including phenoxy) is 2. The van der Waals surface area contributed by atoms with E-state index in [0.717, 1.165) is 13.2 Å². The zero-order chi connectivity index (χ0) is 29.2. The van der Waals surface area contributed by atoms with Gasteiger partial charge in [0.05, 0.1) is 26.4 Å². The molecule has 0 radical (unpaired) electrons. The second-order valence-electron chi connectivity index (χ2n) is 7.35. The van der Waals surface area contributed by atoms with E-state index in [9.17, 15) is 36.8 Å². The highest BCUT2D eigenvalue weighted by Crippen LogP contribution is 2.24. The molecule has 1 aromatic carbocycles. The van der Waals surface area contributed by atoms with E-state index in [0.29, 0.717) is 4.31 Å². The topological polar surface area (TPSA) is 234 Å². The lowest BCUT2D eigenvalue weighted by Crippen LogP contribution is -2.42.